The highest BCUT2D eigenvalue weighted by Gasteiger charge is 2.30. The Labute approximate surface area is 179 Å². The molecule has 156 valence electrons. The van der Waals surface area contributed by atoms with Crippen LogP contribution in [-0.2, 0) is 25.5 Å². The molecule has 3 aromatic rings. The zero-order valence-electron chi connectivity index (χ0n) is 17.2. The lowest BCUT2D eigenvalue weighted by Gasteiger charge is -2.22. The monoisotopic (exact) mass is 424 g/mol. The number of hydrogen-bond acceptors (Lipinski definition) is 6. The molecule has 0 saturated heterocycles. The Balaban J connectivity index is 1.59. The van der Waals surface area contributed by atoms with Gasteiger partial charge in [-0.3, -0.25) is 9.59 Å². The van der Waals surface area contributed by atoms with Crippen LogP contribution >= 0.6 is 11.3 Å². The van der Waals surface area contributed by atoms with E-state index in [4.69, 9.17) is 0 Å². The van der Waals surface area contributed by atoms with Gasteiger partial charge in [-0.1, -0.05) is 36.4 Å². The molecule has 0 spiro atoms. The first-order valence-corrected chi connectivity index (χ1v) is 10.5. The smallest absolute Gasteiger partial charge is 0.330 e. The number of nitrogens with one attached hydrogen (secondary N) is 1. The number of fused-ring (bicyclic) bond motifs is 1. The number of amides is 1. The lowest BCUT2D eigenvalue weighted by atomic mass is 10.1. The molecule has 1 amide bonds. The summed E-state index contributed by atoms with van der Waals surface area (Å²) >= 11 is 1.49. The Morgan fingerprint density at radius 1 is 1.03 bits per heavy atom. The van der Waals surface area contributed by atoms with Crippen molar-refractivity contribution in [3.8, 4) is 11.1 Å². The van der Waals surface area contributed by atoms with Gasteiger partial charge in [-0.2, -0.15) is 0 Å². The molecule has 0 bridgehead atoms. The van der Waals surface area contributed by atoms with E-state index in [1.54, 1.807) is 13.8 Å². The maximum Gasteiger partial charge on any atom is 0.330 e. The summed E-state index contributed by atoms with van der Waals surface area (Å²) in [4.78, 5) is 40.6. The molecular weight excluding hydrogens is 400 g/mol. The third-order valence-corrected chi connectivity index (χ3v) is 5.68. The van der Waals surface area contributed by atoms with Gasteiger partial charge in [0, 0.05) is 12.8 Å². The number of Topliss-reactive ketones (excluding diaryl/α,β-unsaturated/α-hetero) is 1. The molecule has 1 heterocycles. The molecule has 3 rings (SSSR count). The second-order valence-corrected chi connectivity index (χ2v) is 8.65. The molecule has 0 fully saturated rings. The van der Waals surface area contributed by atoms with Gasteiger partial charge in [0.25, 0.3) is 0 Å². The predicted octanol–water partition coefficient (Wildman–Crippen LogP) is 3.92. The average Bonchev–Trinajstić information content (AvgIpc) is 3.13. The average molecular weight is 425 g/mol. The third kappa shape index (κ3) is 5.30. The van der Waals surface area contributed by atoms with Crippen LogP contribution in [-0.4, -0.2) is 35.3 Å². The molecule has 2 aromatic carbocycles. The summed E-state index contributed by atoms with van der Waals surface area (Å²) in [5.74, 6) is -0.967. The quantitative estimate of drug-likeness (QED) is 0.554. The van der Waals surface area contributed by atoms with Gasteiger partial charge in [0.15, 0.2) is 0 Å². The van der Waals surface area contributed by atoms with Gasteiger partial charge < -0.3 is 10.1 Å². The van der Waals surface area contributed by atoms with E-state index in [0.717, 1.165) is 26.4 Å². The molecule has 1 aromatic heterocycles. The van der Waals surface area contributed by atoms with E-state index in [1.165, 1.54) is 18.4 Å². The zero-order chi connectivity index (χ0) is 21.7. The zero-order valence-corrected chi connectivity index (χ0v) is 18.0. The summed E-state index contributed by atoms with van der Waals surface area (Å²) in [5, 5.41) is 3.32. The minimum Gasteiger partial charge on any atom is -0.467 e. The number of carbonyl (C=O) groups excluding carboxylic acids is 3. The molecule has 0 aliphatic heterocycles. The molecule has 30 heavy (non-hydrogen) atoms. The first-order chi connectivity index (χ1) is 14.3. The topological polar surface area (TPSA) is 85.4 Å². The van der Waals surface area contributed by atoms with E-state index in [9.17, 15) is 14.4 Å². The molecule has 0 unspecified atom stereocenters. The van der Waals surface area contributed by atoms with Crippen LogP contribution in [0.5, 0.6) is 0 Å². The van der Waals surface area contributed by atoms with Crippen molar-refractivity contribution < 1.29 is 19.1 Å². The lowest BCUT2D eigenvalue weighted by molar-refractivity contribution is -0.149. The van der Waals surface area contributed by atoms with Crippen molar-refractivity contribution >= 4 is 39.2 Å². The van der Waals surface area contributed by atoms with Crippen molar-refractivity contribution in [3.63, 3.8) is 0 Å². The van der Waals surface area contributed by atoms with Gasteiger partial charge in [-0.05, 0) is 37.1 Å². The van der Waals surface area contributed by atoms with E-state index >= 15 is 0 Å². The van der Waals surface area contributed by atoms with Crippen molar-refractivity contribution in [2.45, 2.75) is 38.6 Å². The van der Waals surface area contributed by atoms with Gasteiger partial charge in [-0.25, -0.2) is 9.78 Å². The molecule has 6 nitrogen and oxygen atoms in total. The van der Waals surface area contributed by atoms with Gasteiger partial charge in [0.05, 0.1) is 23.7 Å². The van der Waals surface area contributed by atoms with Crippen LogP contribution in [0.4, 0.5) is 0 Å². The first-order valence-electron chi connectivity index (χ1n) is 9.64. The van der Waals surface area contributed by atoms with Gasteiger partial charge >= 0.3 is 5.97 Å². The Morgan fingerprint density at radius 2 is 1.77 bits per heavy atom. The standard InChI is InChI=1S/C23H24N2O4S/c1-23(2,22(28)29-3)25-20(27)12-10-17(26)14-21-24-18-11-9-16(13-19(18)30-21)15-7-5-4-6-8-15/h4-9,11,13H,10,12,14H2,1-3H3,(H,25,27). The van der Waals surface area contributed by atoms with Gasteiger partial charge in [0.2, 0.25) is 5.91 Å². The van der Waals surface area contributed by atoms with E-state index in [2.05, 4.69) is 33.2 Å². The van der Waals surface area contributed by atoms with Crippen LogP contribution in [0.25, 0.3) is 21.3 Å². The number of ether oxygens (including phenoxy) is 1. The van der Waals surface area contributed by atoms with Crippen LogP contribution in [0, 0.1) is 0 Å². The van der Waals surface area contributed by atoms with E-state index < -0.39 is 11.5 Å². The number of esters is 1. The van der Waals surface area contributed by atoms with Crippen molar-refractivity contribution in [2.24, 2.45) is 0 Å². The van der Waals surface area contributed by atoms with Gasteiger partial charge in [-0.15, -0.1) is 11.3 Å². The van der Waals surface area contributed by atoms with Crippen LogP contribution in [0.3, 0.4) is 0 Å². The second-order valence-electron chi connectivity index (χ2n) is 7.54. The summed E-state index contributed by atoms with van der Waals surface area (Å²) in [6, 6.07) is 16.2. The number of thiazole rings is 1. The highest BCUT2D eigenvalue weighted by molar-refractivity contribution is 7.18. The predicted molar refractivity (Wildman–Crippen MR) is 117 cm³/mol. The maximum atomic E-state index is 12.3. The fourth-order valence-corrected chi connectivity index (χ4v) is 4.12. The number of ketones is 1. The summed E-state index contributed by atoms with van der Waals surface area (Å²) < 4.78 is 5.68. The van der Waals surface area contributed by atoms with E-state index in [-0.39, 0.29) is 31.0 Å². The number of hydrogen-bond donors (Lipinski definition) is 1. The molecule has 7 heteroatoms. The lowest BCUT2D eigenvalue weighted by Crippen LogP contribution is -2.50. The maximum absolute atomic E-state index is 12.3. The largest absolute Gasteiger partial charge is 0.467 e. The van der Waals surface area contributed by atoms with Crippen molar-refractivity contribution in [3.05, 3.63) is 53.5 Å². The molecule has 0 radical (unpaired) electrons. The van der Waals surface area contributed by atoms with Crippen molar-refractivity contribution in [2.75, 3.05) is 7.11 Å². The summed E-state index contributed by atoms with van der Waals surface area (Å²) in [7, 11) is 1.26. The fourth-order valence-electron chi connectivity index (χ4n) is 3.09. The highest BCUT2D eigenvalue weighted by atomic mass is 32.1. The molecule has 0 atom stereocenters. The van der Waals surface area contributed by atoms with E-state index in [0.29, 0.717) is 0 Å². The Kier molecular flexibility index (Phi) is 6.62. The van der Waals surface area contributed by atoms with E-state index in [1.807, 2.05) is 30.3 Å². The Hall–Kier alpha value is -3.06. The Morgan fingerprint density at radius 3 is 2.47 bits per heavy atom. The minimum absolute atomic E-state index is 0.0162. The normalized spacial score (nSPS) is 11.3. The SMILES string of the molecule is COC(=O)C(C)(C)NC(=O)CCC(=O)Cc1nc2ccc(-c3ccccc3)cc2s1. The molecule has 1 N–H and O–H groups in total. The van der Waals surface area contributed by atoms with Gasteiger partial charge in [0.1, 0.15) is 16.3 Å². The summed E-state index contributed by atoms with van der Waals surface area (Å²) in [5.41, 5.74) is 1.97. The second kappa shape index (κ2) is 9.17. The van der Waals surface area contributed by atoms with Crippen molar-refractivity contribution in [1.82, 2.24) is 10.3 Å². The van der Waals surface area contributed by atoms with Crippen molar-refractivity contribution in [1.29, 1.82) is 0 Å². The number of carbonyl (C=O) groups is 3. The highest BCUT2D eigenvalue weighted by Crippen LogP contribution is 2.28. The van der Waals surface area contributed by atoms with Crippen LogP contribution in [0.1, 0.15) is 31.7 Å². The molecule has 0 aliphatic carbocycles. The first kappa shape index (κ1) is 21.6. The minimum atomic E-state index is -1.13. The number of aromatic nitrogens is 1. The molecule has 0 saturated carbocycles. The summed E-state index contributed by atoms with van der Waals surface area (Å²) in [6.07, 6.45) is 0.296. The molecule has 0 aliphatic rings. The molecular formula is C23H24N2O4S. The van der Waals surface area contributed by atoms with Crippen LogP contribution in [0.2, 0.25) is 0 Å². The summed E-state index contributed by atoms with van der Waals surface area (Å²) in [6.45, 7) is 3.12. The third-order valence-electron chi connectivity index (χ3n) is 4.67. The Bertz CT molecular complexity index is 1070. The number of nitrogens with zero attached hydrogens (tertiary/aromatic N) is 1. The number of benzene rings is 2. The van der Waals surface area contributed by atoms with Crippen LogP contribution in [0.15, 0.2) is 48.5 Å². The number of rotatable bonds is 8. The van der Waals surface area contributed by atoms with Crippen LogP contribution < -0.4 is 5.32 Å². The fraction of sp³-hybridized carbons (Fsp3) is 0.304. The number of methoxy groups -OCH3 is 1.